The van der Waals surface area contributed by atoms with Crippen molar-refractivity contribution in [3.8, 4) is 0 Å². The Hall–Kier alpha value is -1.07. The van der Waals surface area contributed by atoms with Gasteiger partial charge in [0.25, 0.3) is 0 Å². The Labute approximate surface area is 115 Å². The summed E-state index contributed by atoms with van der Waals surface area (Å²) in [5, 5.41) is 3.33. The fourth-order valence-corrected chi connectivity index (χ4v) is 3.48. The minimum atomic E-state index is -3.41. The molecule has 1 aromatic carbocycles. The lowest BCUT2D eigenvalue weighted by atomic mass is 10.1. The van der Waals surface area contributed by atoms with Gasteiger partial charge < -0.3 is 5.32 Å². The number of hydrogen-bond acceptors (Lipinski definition) is 3. The number of sulfonamides is 1. The van der Waals surface area contributed by atoms with Crippen LogP contribution >= 0.6 is 0 Å². The molecule has 5 heteroatoms. The van der Waals surface area contributed by atoms with Gasteiger partial charge in [-0.2, -0.15) is 0 Å². The van der Waals surface area contributed by atoms with Crippen LogP contribution in [-0.2, 0) is 10.0 Å². The highest BCUT2D eigenvalue weighted by Gasteiger charge is 2.24. The number of nitrogens with one attached hydrogen (secondary N) is 2. The molecule has 106 valence electrons. The molecular weight excluding hydrogens is 260 g/mol. The maximum absolute atomic E-state index is 12.1. The van der Waals surface area contributed by atoms with E-state index in [1.165, 1.54) is 12.8 Å². The molecule has 1 unspecified atom stereocenters. The normalized spacial score (nSPS) is 17.2. The zero-order valence-corrected chi connectivity index (χ0v) is 12.3. The van der Waals surface area contributed by atoms with E-state index in [1.54, 1.807) is 19.1 Å². The molecule has 2 N–H and O–H groups in total. The maximum atomic E-state index is 12.1. The van der Waals surface area contributed by atoms with Crippen LogP contribution in [0.5, 0.6) is 0 Å². The number of benzene rings is 1. The van der Waals surface area contributed by atoms with E-state index in [1.807, 2.05) is 12.1 Å². The zero-order chi connectivity index (χ0) is 13.9. The van der Waals surface area contributed by atoms with Crippen molar-refractivity contribution in [1.29, 1.82) is 0 Å². The Morgan fingerprint density at radius 3 is 2.63 bits per heavy atom. The first-order valence-corrected chi connectivity index (χ1v) is 8.36. The van der Waals surface area contributed by atoms with E-state index in [-0.39, 0.29) is 0 Å². The Morgan fingerprint density at radius 1 is 1.32 bits per heavy atom. The molecule has 0 aliphatic heterocycles. The predicted octanol–water partition coefficient (Wildman–Crippen LogP) is 2.59. The summed E-state index contributed by atoms with van der Waals surface area (Å²) in [6.45, 7) is 4.28. The van der Waals surface area contributed by atoms with Gasteiger partial charge in [-0.25, -0.2) is 13.1 Å². The highest BCUT2D eigenvalue weighted by Crippen LogP contribution is 2.34. The van der Waals surface area contributed by atoms with Crippen LogP contribution in [0.2, 0.25) is 0 Å². The highest BCUT2D eigenvalue weighted by atomic mass is 32.2. The number of hydrogen-bond donors (Lipinski definition) is 2. The van der Waals surface area contributed by atoms with Gasteiger partial charge in [0.2, 0.25) is 10.0 Å². The Kier molecular flexibility index (Phi) is 4.47. The van der Waals surface area contributed by atoms with Crippen LogP contribution < -0.4 is 10.0 Å². The minimum Gasteiger partial charge on any atom is -0.381 e. The molecule has 1 aliphatic rings. The van der Waals surface area contributed by atoms with Crippen molar-refractivity contribution in [2.45, 2.75) is 44.0 Å². The van der Waals surface area contributed by atoms with Crippen molar-refractivity contribution >= 4 is 15.7 Å². The Bertz CT molecular complexity index is 524. The van der Waals surface area contributed by atoms with Crippen LogP contribution in [0.25, 0.3) is 0 Å². The molecule has 1 fully saturated rings. The van der Waals surface area contributed by atoms with Gasteiger partial charge in [-0.3, -0.25) is 0 Å². The van der Waals surface area contributed by atoms with Gasteiger partial charge in [-0.1, -0.05) is 31.9 Å². The van der Waals surface area contributed by atoms with Crippen LogP contribution in [0.3, 0.4) is 0 Å². The SMILES string of the molecule is CCNS(=O)(=O)c1ccccc1NC(C)CC1CC1. The second kappa shape index (κ2) is 5.92. The smallest absolute Gasteiger partial charge is 0.242 e. The van der Waals surface area contributed by atoms with Gasteiger partial charge in [0.05, 0.1) is 5.69 Å². The first-order valence-electron chi connectivity index (χ1n) is 6.88. The molecule has 4 nitrogen and oxygen atoms in total. The van der Waals surface area contributed by atoms with Crippen molar-refractivity contribution in [2.75, 3.05) is 11.9 Å². The summed E-state index contributed by atoms with van der Waals surface area (Å²) in [7, 11) is -3.41. The van der Waals surface area contributed by atoms with Crippen molar-refractivity contribution in [3.63, 3.8) is 0 Å². The highest BCUT2D eigenvalue weighted by molar-refractivity contribution is 7.89. The first kappa shape index (κ1) is 14.3. The van der Waals surface area contributed by atoms with Gasteiger partial charge in [0.1, 0.15) is 4.90 Å². The predicted molar refractivity (Wildman–Crippen MR) is 77.7 cm³/mol. The molecule has 0 spiro atoms. The summed E-state index contributed by atoms with van der Waals surface area (Å²) in [6.07, 6.45) is 3.72. The summed E-state index contributed by atoms with van der Waals surface area (Å²) in [5.41, 5.74) is 0.691. The van der Waals surface area contributed by atoms with E-state index >= 15 is 0 Å². The van der Waals surface area contributed by atoms with E-state index in [4.69, 9.17) is 0 Å². The quantitative estimate of drug-likeness (QED) is 0.808. The average molecular weight is 282 g/mol. The topological polar surface area (TPSA) is 58.2 Å². The summed E-state index contributed by atoms with van der Waals surface area (Å²) in [6, 6.07) is 7.38. The molecule has 0 aromatic heterocycles. The van der Waals surface area contributed by atoms with Gasteiger partial charge in [-0.05, 0) is 31.4 Å². The van der Waals surface area contributed by atoms with Gasteiger partial charge in [0.15, 0.2) is 0 Å². The molecule has 0 heterocycles. The average Bonchev–Trinajstić information content (AvgIpc) is 3.13. The Balaban J connectivity index is 2.15. The van der Waals surface area contributed by atoms with Gasteiger partial charge >= 0.3 is 0 Å². The second-order valence-corrected chi connectivity index (χ2v) is 6.96. The molecular formula is C14H22N2O2S. The molecule has 0 saturated heterocycles. The van der Waals surface area contributed by atoms with Crippen LogP contribution in [0.15, 0.2) is 29.2 Å². The maximum Gasteiger partial charge on any atom is 0.242 e. The van der Waals surface area contributed by atoms with Crippen molar-refractivity contribution in [2.24, 2.45) is 5.92 Å². The molecule has 2 rings (SSSR count). The molecule has 0 radical (unpaired) electrons. The van der Waals surface area contributed by atoms with Crippen LogP contribution in [0.1, 0.15) is 33.1 Å². The lowest BCUT2D eigenvalue weighted by Gasteiger charge is -2.18. The monoisotopic (exact) mass is 282 g/mol. The third-order valence-corrected chi connectivity index (χ3v) is 4.90. The van der Waals surface area contributed by atoms with E-state index in [2.05, 4.69) is 17.0 Å². The number of para-hydroxylation sites is 1. The molecule has 0 bridgehead atoms. The van der Waals surface area contributed by atoms with E-state index in [0.29, 0.717) is 23.2 Å². The lowest BCUT2D eigenvalue weighted by molar-refractivity contribution is 0.583. The largest absolute Gasteiger partial charge is 0.381 e. The standard InChI is InChI=1S/C14H22N2O2S/c1-3-15-19(17,18)14-7-5-4-6-13(14)16-11(2)10-12-8-9-12/h4-7,11-12,15-16H,3,8-10H2,1-2H3. The lowest BCUT2D eigenvalue weighted by Crippen LogP contribution is -2.25. The van der Waals surface area contributed by atoms with Crippen LogP contribution in [-0.4, -0.2) is 21.0 Å². The number of anilines is 1. The summed E-state index contributed by atoms with van der Waals surface area (Å²) >= 11 is 0. The zero-order valence-electron chi connectivity index (χ0n) is 11.5. The molecule has 19 heavy (non-hydrogen) atoms. The van der Waals surface area contributed by atoms with E-state index in [9.17, 15) is 8.42 Å². The Morgan fingerprint density at radius 2 is 2.00 bits per heavy atom. The molecule has 1 atom stereocenters. The second-order valence-electron chi connectivity index (χ2n) is 5.22. The fraction of sp³-hybridized carbons (Fsp3) is 0.571. The fourth-order valence-electron chi connectivity index (χ4n) is 2.27. The van der Waals surface area contributed by atoms with Crippen LogP contribution in [0.4, 0.5) is 5.69 Å². The van der Waals surface area contributed by atoms with Crippen molar-refractivity contribution in [3.05, 3.63) is 24.3 Å². The molecule has 1 aromatic rings. The molecule has 1 saturated carbocycles. The third kappa shape index (κ3) is 3.94. The van der Waals surface area contributed by atoms with Crippen LogP contribution in [0, 0.1) is 5.92 Å². The summed E-state index contributed by atoms with van der Waals surface area (Å²) in [5.74, 6) is 0.819. The van der Waals surface area contributed by atoms with Crippen molar-refractivity contribution < 1.29 is 8.42 Å². The minimum absolute atomic E-state index is 0.297. The van der Waals surface area contributed by atoms with E-state index in [0.717, 1.165) is 12.3 Å². The van der Waals surface area contributed by atoms with Gasteiger partial charge in [0, 0.05) is 12.6 Å². The van der Waals surface area contributed by atoms with E-state index < -0.39 is 10.0 Å². The molecule has 0 amide bonds. The third-order valence-electron chi connectivity index (χ3n) is 3.30. The number of rotatable bonds is 7. The summed E-state index contributed by atoms with van der Waals surface area (Å²) < 4.78 is 26.8. The van der Waals surface area contributed by atoms with Gasteiger partial charge in [-0.15, -0.1) is 0 Å². The van der Waals surface area contributed by atoms with Crippen molar-refractivity contribution in [1.82, 2.24) is 4.72 Å². The molecule has 1 aliphatic carbocycles. The summed E-state index contributed by atoms with van der Waals surface area (Å²) in [4.78, 5) is 0.333. The first-order chi connectivity index (χ1) is 9.03.